The van der Waals surface area contributed by atoms with E-state index < -0.39 is 0 Å². The molecule has 5 heteroatoms. The highest BCUT2D eigenvalue weighted by atomic mass is 32.1. The predicted octanol–water partition coefficient (Wildman–Crippen LogP) is 7.33. The molecule has 2 atom stereocenters. The van der Waals surface area contributed by atoms with Gasteiger partial charge in [-0.1, -0.05) is 32.6 Å². The number of anilines is 2. The van der Waals surface area contributed by atoms with Gasteiger partial charge in [-0.25, -0.2) is 9.97 Å². The first-order valence-corrected chi connectivity index (χ1v) is 11.5. The molecule has 0 unspecified atom stereocenters. The van der Waals surface area contributed by atoms with Crippen molar-refractivity contribution in [1.29, 1.82) is 0 Å². The summed E-state index contributed by atoms with van der Waals surface area (Å²) in [5, 5.41) is 4.84. The van der Waals surface area contributed by atoms with Crippen LogP contribution in [0.5, 0.6) is 0 Å². The average molecular weight is 394 g/mol. The van der Waals surface area contributed by atoms with Gasteiger partial charge in [0.15, 0.2) is 0 Å². The number of thiophene rings is 1. The Morgan fingerprint density at radius 3 is 2.93 bits per heavy atom. The van der Waals surface area contributed by atoms with Crippen molar-refractivity contribution in [3.05, 3.63) is 46.9 Å². The number of pyridine rings is 1. The number of rotatable bonds is 3. The quantitative estimate of drug-likeness (QED) is 0.370. The van der Waals surface area contributed by atoms with Crippen LogP contribution in [0.3, 0.4) is 0 Å². The van der Waals surface area contributed by atoms with Gasteiger partial charge in [0.05, 0.1) is 21.4 Å². The molecule has 0 saturated heterocycles. The van der Waals surface area contributed by atoms with Crippen molar-refractivity contribution in [2.24, 2.45) is 5.92 Å². The van der Waals surface area contributed by atoms with Crippen LogP contribution in [-0.2, 0) is 0 Å². The normalized spacial score (nSPS) is 20.8. The Balaban J connectivity index is 1.50. The maximum Gasteiger partial charge on any atom is 0.125 e. The molecule has 0 aliphatic heterocycles. The van der Waals surface area contributed by atoms with Crippen LogP contribution in [0.1, 0.15) is 49.8 Å². The van der Waals surface area contributed by atoms with Gasteiger partial charge in [-0.3, -0.25) is 0 Å². The fraction of sp³-hybridized carbons (Fsp3) is 0.364. The number of hydrogen-bond acceptors (Lipinski definition) is 5. The van der Waals surface area contributed by atoms with Crippen LogP contribution in [0.25, 0.3) is 20.4 Å². The van der Waals surface area contributed by atoms with E-state index >= 15 is 0 Å². The van der Waals surface area contributed by atoms with E-state index in [9.17, 15) is 0 Å². The molecule has 138 valence electrons. The number of thiazole rings is 1. The second kappa shape index (κ2) is 7.21. The summed E-state index contributed by atoms with van der Waals surface area (Å²) in [6.07, 6.45) is 8.71. The molecule has 1 aliphatic rings. The fourth-order valence-corrected chi connectivity index (χ4v) is 6.21. The van der Waals surface area contributed by atoms with Gasteiger partial charge in [0.1, 0.15) is 4.83 Å². The molecular formula is C22H23N3S2. The van der Waals surface area contributed by atoms with E-state index in [0.29, 0.717) is 5.92 Å². The Hall–Kier alpha value is -1.98. The van der Waals surface area contributed by atoms with Crippen LogP contribution in [0, 0.1) is 5.92 Å². The maximum atomic E-state index is 4.66. The van der Waals surface area contributed by atoms with E-state index in [1.165, 1.54) is 47.1 Å². The molecule has 0 radical (unpaired) electrons. The summed E-state index contributed by atoms with van der Waals surface area (Å²) in [4.78, 5) is 11.7. The zero-order chi connectivity index (χ0) is 18.2. The summed E-state index contributed by atoms with van der Waals surface area (Å²) in [5.74, 6) is 1.45. The SMILES string of the molecule is C[C@H]1CCCCC[C@@H]1c1cc2c(Nc3ccc4scnc4c3)ccnc2s1. The second-order valence-corrected chi connectivity index (χ2v) is 9.56. The van der Waals surface area contributed by atoms with Gasteiger partial charge in [-0.05, 0) is 48.6 Å². The Morgan fingerprint density at radius 2 is 1.96 bits per heavy atom. The van der Waals surface area contributed by atoms with Gasteiger partial charge in [0.2, 0.25) is 0 Å². The van der Waals surface area contributed by atoms with Crippen LogP contribution in [0.4, 0.5) is 11.4 Å². The molecule has 1 aromatic carbocycles. The van der Waals surface area contributed by atoms with Crippen molar-refractivity contribution in [3.8, 4) is 0 Å². The standard InChI is InChI=1S/C22H23N3S2/c1-14-5-3-2-4-6-16(14)21-12-17-18(9-10-23-22(17)27-21)25-15-7-8-20-19(11-15)24-13-26-20/h7-14,16H,2-6H2,1H3,(H,23,25)/t14-,16-/m0/s1. The third-order valence-electron chi connectivity index (χ3n) is 5.79. The number of hydrogen-bond donors (Lipinski definition) is 1. The summed E-state index contributed by atoms with van der Waals surface area (Å²) in [6.45, 7) is 2.43. The van der Waals surface area contributed by atoms with Crippen LogP contribution < -0.4 is 5.32 Å². The van der Waals surface area contributed by atoms with Crippen molar-refractivity contribution < 1.29 is 0 Å². The lowest BCUT2D eigenvalue weighted by molar-refractivity contribution is 0.440. The Kier molecular flexibility index (Phi) is 4.58. The smallest absolute Gasteiger partial charge is 0.125 e. The molecule has 3 heterocycles. The van der Waals surface area contributed by atoms with Gasteiger partial charge < -0.3 is 5.32 Å². The van der Waals surface area contributed by atoms with E-state index in [-0.39, 0.29) is 0 Å². The first-order chi connectivity index (χ1) is 13.3. The molecule has 1 saturated carbocycles. The third kappa shape index (κ3) is 3.34. The summed E-state index contributed by atoms with van der Waals surface area (Å²) < 4.78 is 1.22. The minimum absolute atomic E-state index is 0.686. The highest BCUT2D eigenvalue weighted by molar-refractivity contribution is 7.18. The van der Waals surface area contributed by atoms with E-state index in [2.05, 4.69) is 52.5 Å². The van der Waals surface area contributed by atoms with Crippen molar-refractivity contribution in [3.63, 3.8) is 0 Å². The number of aromatic nitrogens is 2. The van der Waals surface area contributed by atoms with E-state index in [1.54, 1.807) is 11.3 Å². The molecule has 3 aromatic heterocycles. The predicted molar refractivity (Wildman–Crippen MR) is 118 cm³/mol. The zero-order valence-electron chi connectivity index (χ0n) is 15.4. The summed E-state index contributed by atoms with van der Waals surface area (Å²) in [7, 11) is 0. The van der Waals surface area contributed by atoms with Gasteiger partial charge in [-0.2, -0.15) is 0 Å². The number of fused-ring (bicyclic) bond motifs is 2. The molecule has 0 bridgehead atoms. The molecule has 1 N–H and O–H groups in total. The molecule has 1 fully saturated rings. The lowest BCUT2D eigenvalue weighted by Gasteiger charge is -2.19. The number of nitrogens with zero attached hydrogens (tertiary/aromatic N) is 2. The largest absolute Gasteiger partial charge is 0.355 e. The highest BCUT2D eigenvalue weighted by Crippen LogP contribution is 2.42. The van der Waals surface area contributed by atoms with Gasteiger partial charge >= 0.3 is 0 Å². The van der Waals surface area contributed by atoms with Crippen molar-refractivity contribution in [1.82, 2.24) is 9.97 Å². The average Bonchev–Trinajstić information content (AvgIpc) is 3.26. The maximum absolute atomic E-state index is 4.66. The topological polar surface area (TPSA) is 37.8 Å². The zero-order valence-corrected chi connectivity index (χ0v) is 17.1. The van der Waals surface area contributed by atoms with Crippen molar-refractivity contribution in [2.75, 3.05) is 5.32 Å². The Bertz CT molecular complexity index is 1080. The lowest BCUT2D eigenvalue weighted by atomic mass is 9.88. The minimum atomic E-state index is 0.686. The monoisotopic (exact) mass is 393 g/mol. The fourth-order valence-electron chi connectivity index (χ4n) is 4.26. The molecule has 0 amide bonds. The Labute approximate surface area is 167 Å². The van der Waals surface area contributed by atoms with Gasteiger partial charge in [-0.15, -0.1) is 22.7 Å². The van der Waals surface area contributed by atoms with Crippen LogP contribution in [0.15, 0.2) is 42.0 Å². The van der Waals surface area contributed by atoms with Crippen LogP contribution >= 0.6 is 22.7 Å². The van der Waals surface area contributed by atoms with Gasteiger partial charge in [0, 0.05) is 22.1 Å². The number of benzene rings is 1. The van der Waals surface area contributed by atoms with E-state index in [1.807, 2.05) is 23.0 Å². The highest BCUT2D eigenvalue weighted by Gasteiger charge is 2.24. The second-order valence-electron chi connectivity index (χ2n) is 7.61. The summed E-state index contributed by atoms with van der Waals surface area (Å²) >= 11 is 3.56. The first kappa shape index (κ1) is 17.1. The third-order valence-corrected chi connectivity index (χ3v) is 7.78. The van der Waals surface area contributed by atoms with Crippen LogP contribution in [-0.4, -0.2) is 9.97 Å². The van der Waals surface area contributed by atoms with E-state index in [0.717, 1.165) is 27.6 Å². The molecular weight excluding hydrogens is 370 g/mol. The molecule has 5 rings (SSSR count). The molecule has 3 nitrogen and oxygen atoms in total. The molecule has 1 aliphatic carbocycles. The van der Waals surface area contributed by atoms with Gasteiger partial charge in [0.25, 0.3) is 0 Å². The summed E-state index contributed by atoms with van der Waals surface area (Å²) in [6, 6.07) is 10.9. The Morgan fingerprint density at radius 1 is 1.04 bits per heavy atom. The molecule has 0 spiro atoms. The van der Waals surface area contributed by atoms with Crippen molar-refractivity contribution in [2.45, 2.75) is 44.9 Å². The first-order valence-electron chi connectivity index (χ1n) is 9.76. The van der Waals surface area contributed by atoms with Crippen LogP contribution in [0.2, 0.25) is 0 Å². The summed E-state index contributed by atoms with van der Waals surface area (Å²) in [5.41, 5.74) is 5.17. The van der Waals surface area contributed by atoms with Crippen molar-refractivity contribution >= 4 is 54.5 Å². The minimum Gasteiger partial charge on any atom is -0.355 e. The lowest BCUT2D eigenvalue weighted by Crippen LogP contribution is -2.06. The molecule has 27 heavy (non-hydrogen) atoms. The van der Waals surface area contributed by atoms with E-state index in [4.69, 9.17) is 0 Å². The number of nitrogens with one attached hydrogen (secondary N) is 1. The molecule has 4 aromatic rings.